The second kappa shape index (κ2) is 7.12. The Morgan fingerprint density at radius 3 is 2.45 bits per heavy atom. The molecule has 0 spiro atoms. The quantitative estimate of drug-likeness (QED) is 0.632. The normalized spacial score (nSPS) is 14.6. The van der Waals surface area contributed by atoms with E-state index in [1.54, 1.807) is 24.1 Å². The standard InChI is InChI=1S/C19H19FN4O4S/c1-13(25)28-24-18-9-4-14(20)12-17(18)19(21-24)22(2)15-5-7-16(8-6-15)29(26,27)23-10-3-11-23/h4-9,12H,3,10-11H2,1-2H3. The summed E-state index contributed by atoms with van der Waals surface area (Å²) in [4.78, 5) is 19.4. The van der Waals surface area contributed by atoms with E-state index in [1.165, 1.54) is 41.6 Å². The summed E-state index contributed by atoms with van der Waals surface area (Å²) in [5, 5.41) is 4.73. The summed E-state index contributed by atoms with van der Waals surface area (Å²) in [5.74, 6) is -0.655. The number of hydrogen-bond acceptors (Lipinski definition) is 6. The Morgan fingerprint density at radius 1 is 1.17 bits per heavy atom. The van der Waals surface area contributed by atoms with E-state index >= 15 is 0 Å². The zero-order valence-corrected chi connectivity index (χ0v) is 16.7. The molecule has 1 aliphatic rings. The lowest BCUT2D eigenvalue weighted by Crippen LogP contribution is -2.41. The van der Waals surface area contributed by atoms with Crippen LogP contribution in [0.25, 0.3) is 10.9 Å². The molecule has 0 unspecified atom stereocenters. The molecule has 4 rings (SSSR count). The van der Waals surface area contributed by atoms with Crippen LogP contribution >= 0.6 is 0 Å². The Hall–Kier alpha value is -2.98. The fraction of sp³-hybridized carbons (Fsp3) is 0.263. The molecule has 0 aliphatic carbocycles. The summed E-state index contributed by atoms with van der Waals surface area (Å²) >= 11 is 0. The van der Waals surface area contributed by atoms with Crippen LogP contribution < -0.4 is 9.74 Å². The highest BCUT2D eigenvalue weighted by Crippen LogP contribution is 2.31. The number of fused-ring (bicyclic) bond motifs is 1. The highest BCUT2D eigenvalue weighted by molar-refractivity contribution is 7.89. The molecule has 29 heavy (non-hydrogen) atoms. The van der Waals surface area contributed by atoms with Gasteiger partial charge < -0.3 is 9.74 Å². The van der Waals surface area contributed by atoms with Crippen LogP contribution in [0.3, 0.4) is 0 Å². The predicted molar refractivity (Wildman–Crippen MR) is 105 cm³/mol. The monoisotopic (exact) mass is 418 g/mol. The average molecular weight is 418 g/mol. The first-order valence-corrected chi connectivity index (χ1v) is 10.4. The van der Waals surface area contributed by atoms with Crippen molar-refractivity contribution in [1.82, 2.24) is 14.2 Å². The third-order valence-electron chi connectivity index (χ3n) is 4.80. The summed E-state index contributed by atoms with van der Waals surface area (Å²) in [5.41, 5.74) is 1.08. The van der Waals surface area contributed by atoms with Gasteiger partial charge in [-0.3, -0.25) is 0 Å². The molecule has 1 aliphatic heterocycles. The number of nitrogens with zero attached hydrogens (tertiary/aromatic N) is 4. The molecule has 2 heterocycles. The van der Waals surface area contributed by atoms with Crippen LogP contribution in [0.15, 0.2) is 47.4 Å². The van der Waals surface area contributed by atoms with Gasteiger partial charge in [0.2, 0.25) is 10.0 Å². The Morgan fingerprint density at radius 2 is 1.86 bits per heavy atom. The van der Waals surface area contributed by atoms with Crippen molar-refractivity contribution in [1.29, 1.82) is 0 Å². The van der Waals surface area contributed by atoms with Crippen molar-refractivity contribution in [2.24, 2.45) is 0 Å². The van der Waals surface area contributed by atoms with E-state index < -0.39 is 21.8 Å². The number of hydrogen-bond donors (Lipinski definition) is 0. The Bertz CT molecular complexity index is 1190. The number of anilines is 2. The number of aromatic nitrogens is 2. The van der Waals surface area contributed by atoms with Crippen LogP contribution in [0, 0.1) is 5.82 Å². The number of rotatable bonds is 5. The van der Waals surface area contributed by atoms with E-state index in [9.17, 15) is 17.6 Å². The molecular formula is C19H19FN4O4S. The van der Waals surface area contributed by atoms with E-state index in [1.807, 2.05) is 0 Å². The van der Waals surface area contributed by atoms with Gasteiger partial charge in [0.1, 0.15) is 11.3 Å². The lowest BCUT2D eigenvalue weighted by Gasteiger charge is -2.29. The third-order valence-corrected chi connectivity index (χ3v) is 6.71. The van der Waals surface area contributed by atoms with Crippen molar-refractivity contribution >= 4 is 38.4 Å². The van der Waals surface area contributed by atoms with Crippen molar-refractivity contribution in [2.75, 3.05) is 25.0 Å². The van der Waals surface area contributed by atoms with E-state index in [-0.39, 0.29) is 4.90 Å². The van der Waals surface area contributed by atoms with Crippen LogP contribution in [-0.4, -0.2) is 48.8 Å². The van der Waals surface area contributed by atoms with E-state index in [2.05, 4.69) is 5.10 Å². The van der Waals surface area contributed by atoms with Gasteiger partial charge in [-0.1, -0.05) is 4.85 Å². The van der Waals surface area contributed by atoms with Gasteiger partial charge in [0.05, 0.1) is 10.3 Å². The maximum Gasteiger partial charge on any atom is 0.331 e. The molecule has 1 saturated heterocycles. The third kappa shape index (κ3) is 3.45. The topological polar surface area (TPSA) is 84.7 Å². The fourth-order valence-corrected chi connectivity index (χ4v) is 4.64. The molecule has 10 heteroatoms. The fourth-order valence-electron chi connectivity index (χ4n) is 3.13. The first-order valence-electron chi connectivity index (χ1n) is 8.98. The molecule has 0 N–H and O–H groups in total. The van der Waals surface area contributed by atoms with Crippen molar-refractivity contribution in [2.45, 2.75) is 18.2 Å². The van der Waals surface area contributed by atoms with E-state index in [0.29, 0.717) is 35.5 Å². The SMILES string of the molecule is CC(=O)On1nc(N(C)c2ccc(S(=O)(=O)N3CCC3)cc2)c2cc(F)ccc21. The largest absolute Gasteiger partial charge is 0.331 e. The summed E-state index contributed by atoms with van der Waals surface area (Å²) in [6.07, 6.45) is 0.870. The molecule has 0 amide bonds. The molecule has 3 aromatic rings. The summed E-state index contributed by atoms with van der Waals surface area (Å²) in [7, 11) is -1.76. The predicted octanol–water partition coefficient (Wildman–Crippen LogP) is 2.31. The lowest BCUT2D eigenvalue weighted by molar-refractivity contribution is -0.142. The van der Waals surface area contributed by atoms with Gasteiger partial charge in [0, 0.05) is 32.7 Å². The Kier molecular flexibility index (Phi) is 4.75. The number of carbonyl (C=O) groups excluding carboxylic acids is 1. The van der Waals surface area contributed by atoms with Crippen molar-refractivity contribution in [3.63, 3.8) is 0 Å². The Balaban J connectivity index is 1.71. The van der Waals surface area contributed by atoms with Crippen molar-refractivity contribution in [3.05, 3.63) is 48.3 Å². The van der Waals surface area contributed by atoms with Gasteiger partial charge in [-0.05, 0) is 48.9 Å². The zero-order valence-electron chi connectivity index (χ0n) is 15.9. The number of carbonyl (C=O) groups is 1. The smallest absolute Gasteiger partial charge is 0.327 e. The lowest BCUT2D eigenvalue weighted by atomic mass is 10.2. The van der Waals surface area contributed by atoms with Gasteiger partial charge in [0.25, 0.3) is 0 Å². The highest BCUT2D eigenvalue weighted by atomic mass is 32.2. The number of halogens is 1. The van der Waals surface area contributed by atoms with Gasteiger partial charge in [-0.2, -0.15) is 4.31 Å². The average Bonchev–Trinajstić information content (AvgIpc) is 2.96. The van der Waals surface area contributed by atoms with Crippen molar-refractivity contribution in [3.8, 4) is 0 Å². The summed E-state index contributed by atoms with van der Waals surface area (Å²) in [6, 6.07) is 10.4. The van der Waals surface area contributed by atoms with Crippen LogP contribution in [0.2, 0.25) is 0 Å². The van der Waals surface area contributed by atoms with Crippen LogP contribution in [0.4, 0.5) is 15.9 Å². The molecule has 0 saturated carbocycles. The molecule has 0 bridgehead atoms. The first kappa shape index (κ1) is 19.3. The first-order chi connectivity index (χ1) is 13.8. The Labute approximate surface area is 167 Å². The second-order valence-corrected chi connectivity index (χ2v) is 8.69. The second-order valence-electron chi connectivity index (χ2n) is 6.75. The van der Waals surface area contributed by atoms with Crippen molar-refractivity contribution < 1.29 is 22.4 Å². The molecule has 1 fully saturated rings. The zero-order chi connectivity index (χ0) is 20.8. The summed E-state index contributed by atoms with van der Waals surface area (Å²) in [6.45, 7) is 2.32. The molecule has 1 aromatic heterocycles. The molecular weight excluding hydrogens is 399 g/mol. The molecule has 0 radical (unpaired) electrons. The van der Waals surface area contributed by atoms with Crippen LogP contribution in [0.1, 0.15) is 13.3 Å². The van der Waals surface area contributed by atoms with Gasteiger partial charge in [0.15, 0.2) is 5.82 Å². The van der Waals surface area contributed by atoms with Gasteiger partial charge in [-0.25, -0.2) is 17.6 Å². The van der Waals surface area contributed by atoms with E-state index in [4.69, 9.17) is 4.84 Å². The highest BCUT2D eigenvalue weighted by Gasteiger charge is 2.29. The minimum atomic E-state index is -3.47. The minimum absolute atomic E-state index is 0.218. The maximum atomic E-state index is 13.8. The van der Waals surface area contributed by atoms with Gasteiger partial charge >= 0.3 is 5.97 Å². The number of sulfonamides is 1. The number of benzene rings is 2. The molecule has 152 valence electrons. The summed E-state index contributed by atoms with van der Waals surface area (Å²) < 4.78 is 40.2. The molecule has 8 nitrogen and oxygen atoms in total. The van der Waals surface area contributed by atoms with Crippen LogP contribution in [-0.2, 0) is 14.8 Å². The molecule has 0 atom stereocenters. The molecule has 2 aromatic carbocycles. The van der Waals surface area contributed by atoms with E-state index in [0.717, 1.165) is 11.3 Å². The maximum absolute atomic E-state index is 13.8. The van der Waals surface area contributed by atoms with Crippen LogP contribution in [0.5, 0.6) is 0 Å². The minimum Gasteiger partial charge on any atom is -0.327 e. The van der Waals surface area contributed by atoms with Gasteiger partial charge in [-0.15, -0.1) is 5.10 Å².